The molecule has 0 amide bonds. The number of amidine groups is 1. The van der Waals surface area contributed by atoms with Gasteiger partial charge in [-0.3, -0.25) is 4.99 Å². The highest BCUT2D eigenvalue weighted by Gasteiger charge is 2.20. The van der Waals surface area contributed by atoms with E-state index in [4.69, 9.17) is 4.99 Å². The zero-order valence-corrected chi connectivity index (χ0v) is 14.1. The van der Waals surface area contributed by atoms with Gasteiger partial charge in [-0.15, -0.1) is 0 Å². The molecule has 2 aromatic rings. The lowest BCUT2D eigenvalue weighted by atomic mass is 10.1. The summed E-state index contributed by atoms with van der Waals surface area (Å²) in [4.78, 5) is 4.74. The van der Waals surface area contributed by atoms with Crippen LogP contribution in [0, 0.1) is 0 Å². The molecule has 0 saturated carbocycles. The lowest BCUT2D eigenvalue weighted by Gasteiger charge is -2.21. The third kappa shape index (κ3) is 5.35. The smallest absolute Gasteiger partial charge is 0.113 e. The van der Waals surface area contributed by atoms with Gasteiger partial charge in [-0.25, -0.2) is 0 Å². The van der Waals surface area contributed by atoms with Crippen LogP contribution in [0.1, 0.15) is 25.0 Å². The molecular formula is C18H21BrN2. The summed E-state index contributed by atoms with van der Waals surface area (Å²) in [5.74, 6) is 0.968. The van der Waals surface area contributed by atoms with Gasteiger partial charge in [-0.1, -0.05) is 76.6 Å². The highest BCUT2D eigenvalue weighted by atomic mass is 79.9. The number of benzene rings is 2. The van der Waals surface area contributed by atoms with E-state index in [1.54, 1.807) is 0 Å². The van der Waals surface area contributed by atoms with Gasteiger partial charge in [0.05, 0.1) is 10.9 Å². The monoisotopic (exact) mass is 344 g/mol. The van der Waals surface area contributed by atoms with Crippen LogP contribution in [0.4, 0.5) is 0 Å². The van der Waals surface area contributed by atoms with Crippen LogP contribution < -0.4 is 5.32 Å². The molecule has 0 aromatic heterocycles. The summed E-state index contributed by atoms with van der Waals surface area (Å²) in [6, 6.07) is 20.7. The predicted molar refractivity (Wildman–Crippen MR) is 93.9 cm³/mol. The second kappa shape index (κ2) is 7.41. The van der Waals surface area contributed by atoms with Gasteiger partial charge in [0.1, 0.15) is 5.84 Å². The normalized spacial score (nSPS) is 12.2. The summed E-state index contributed by atoms with van der Waals surface area (Å²) < 4.78 is -0.170. The molecule has 0 bridgehead atoms. The fourth-order valence-electron chi connectivity index (χ4n) is 1.99. The molecule has 0 aliphatic rings. The van der Waals surface area contributed by atoms with Crippen LogP contribution >= 0.6 is 15.9 Å². The Morgan fingerprint density at radius 1 is 0.952 bits per heavy atom. The average molecular weight is 345 g/mol. The van der Waals surface area contributed by atoms with E-state index in [0.717, 1.165) is 12.4 Å². The topological polar surface area (TPSA) is 24.4 Å². The van der Waals surface area contributed by atoms with Crippen LogP contribution in [0.25, 0.3) is 0 Å². The fraction of sp³-hybridized carbons (Fsp3) is 0.278. The summed E-state index contributed by atoms with van der Waals surface area (Å²) in [5.41, 5.74) is 2.47. The Morgan fingerprint density at radius 3 is 2.00 bits per heavy atom. The first-order valence-electron chi connectivity index (χ1n) is 7.11. The molecule has 110 valence electrons. The summed E-state index contributed by atoms with van der Waals surface area (Å²) in [5, 5.41) is 3.45. The maximum Gasteiger partial charge on any atom is 0.113 e. The van der Waals surface area contributed by atoms with E-state index in [0.29, 0.717) is 6.54 Å². The van der Waals surface area contributed by atoms with Crippen molar-refractivity contribution in [2.75, 3.05) is 0 Å². The molecule has 21 heavy (non-hydrogen) atoms. The molecule has 3 heteroatoms. The third-order valence-electron chi connectivity index (χ3n) is 3.13. The van der Waals surface area contributed by atoms with Crippen molar-refractivity contribution < 1.29 is 0 Å². The Balaban J connectivity index is 2.04. The van der Waals surface area contributed by atoms with Crippen molar-refractivity contribution in [3.8, 4) is 0 Å². The van der Waals surface area contributed by atoms with E-state index >= 15 is 0 Å². The molecular weight excluding hydrogens is 324 g/mol. The van der Waals surface area contributed by atoms with Crippen molar-refractivity contribution in [2.24, 2.45) is 4.99 Å². The minimum atomic E-state index is -0.170. The van der Waals surface area contributed by atoms with E-state index in [1.165, 1.54) is 11.1 Å². The molecule has 0 heterocycles. The molecule has 2 aromatic carbocycles. The molecule has 2 nitrogen and oxygen atoms in total. The number of halogens is 1. The van der Waals surface area contributed by atoms with Gasteiger partial charge in [0.15, 0.2) is 0 Å². The van der Waals surface area contributed by atoms with Crippen LogP contribution in [-0.2, 0) is 13.1 Å². The molecule has 0 aliphatic heterocycles. The quantitative estimate of drug-likeness (QED) is 0.480. The zero-order valence-electron chi connectivity index (χ0n) is 12.5. The van der Waals surface area contributed by atoms with Gasteiger partial charge in [0.2, 0.25) is 0 Å². The number of hydrogen-bond acceptors (Lipinski definition) is 1. The summed E-state index contributed by atoms with van der Waals surface area (Å²) >= 11 is 3.70. The third-order valence-corrected chi connectivity index (χ3v) is 3.50. The van der Waals surface area contributed by atoms with Gasteiger partial charge in [0, 0.05) is 6.54 Å². The van der Waals surface area contributed by atoms with Crippen LogP contribution in [0.5, 0.6) is 0 Å². The lowest BCUT2D eigenvalue weighted by molar-refractivity contribution is 0.815. The number of alkyl halides is 1. The molecule has 0 radical (unpaired) electrons. The maximum atomic E-state index is 4.74. The average Bonchev–Trinajstić information content (AvgIpc) is 2.48. The second-order valence-corrected chi connectivity index (χ2v) is 7.44. The van der Waals surface area contributed by atoms with Gasteiger partial charge >= 0.3 is 0 Å². The summed E-state index contributed by atoms with van der Waals surface area (Å²) in [6.45, 7) is 5.68. The SMILES string of the molecule is CC(C)(Br)C(=NCc1ccccc1)NCc1ccccc1. The second-order valence-electron chi connectivity index (χ2n) is 5.46. The van der Waals surface area contributed by atoms with Gasteiger partial charge in [-0.05, 0) is 25.0 Å². The molecule has 0 aliphatic carbocycles. The van der Waals surface area contributed by atoms with E-state index < -0.39 is 0 Å². The van der Waals surface area contributed by atoms with Crippen LogP contribution in [0.15, 0.2) is 65.7 Å². The Labute approximate surface area is 135 Å². The van der Waals surface area contributed by atoms with E-state index in [9.17, 15) is 0 Å². The largest absolute Gasteiger partial charge is 0.369 e. The minimum absolute atomic E-state index is 0.170. The van der Waals surface area contributed by atoms with Crippen molar-refractivity contribution in [1.82, 2.24) is 5.32 Å². The predicted octanol–water partition coefficient (Wildman–Crippen LogP) is 4.55. The van der Waals surface area contributed by atoms with Crippen molar-refractivity contribution in [2.45, 2.75) is 31.3 Å². The molecule has 2 rings (SSSR count). The Morgan fingerprint density at radius 2 is 1.48 bits per heavy atom. The van der Waals surface area contributed by atoms with Crippen molar-refractivity contribution in [3.05, 3.63) is 71.8 Å². The number of hydrogen-bond donors (Lipinski definition) is 1. The first kappa shape index (κ1) is 15.8. The number of aliphatic imine (C=N–C) groups is 1. The van der Waals surface area contributed by atoms with Gasteiger partial charge < -0.3 is 5.32 Å². The molecule has 0 spiro atoms. The standard InChI is InChI=1S/C18H21BrN2/c1-18(2,19)17(20-13-15-9-5-3-6-10-15)21-14-16-11-7-4-8-12-16/h3-12H,13-14H2,1-2H3,(H,20,21). The Bertz CT molecular complexity index is 571. The molecule has 0 unspecified atom stereocenters. The van der Waals surface area contributed by atoms with Gasteiger partial charge in [0.25, 0.3) is 0 Å². The highest BCUT2D eigenvalue weighted by molar-refractivity contribution is 9.10. The van der Waals surface area contributed by atoms with E-state index in [1.807, 2.05) is 24.3 Å². The number of rotatable bonds is 5. The molecule has 0 saturated heterocycles. The van der Waals surface area contributed by atoms with Crippen LogP contribution in [0.2, 0.25) is 0 Å². The van der Waals surface area contributed by atoms with E-state index in [2.05, 4.69) is 71.5 Å². The summed E-state index contributed by atoms with van der Waals surface area (Å²) in [7, 11) is 0. The molecule has 0 fully saturated rings. The van der Waals surface area contributed by atoms with Gasteiger partial charge in [-0.2, -0.15) is 0 Å². The highest BCUT2D eigenvalue weighted by Crippen LogP contribution is 2.18. The van der Waals surface area contributed by atoms with Crippen LogP contribution in [-0.4, -0.2) is 10.2 Å². The van der Waals surface area contributed by atoms with Crippen molar-refractivity contribution in [3.63, 3.8) is 0 Å². The Kier molecular flexibility index (Phi) is 5.57. The minimum Gasteiger partial charge on any atom is -0.369 e. The van der Waals surface area contributed by atoms with Crippen LogP contribution in [0.3, 0.4) is 0 Å². The molecule has 0 atom stereocenters. The lowest BCUT2D eigenvalue weighted by Crippen LogP contribution is -2.37. The number of nitrogens with one attached hydrogen (secondary N) is 1. The first-order chi connectivity index (χ1) is 10.1. The summed E-state index contributed by atoms with van der Waals surface area (Å²) in [6.07, 6.45) is 0. The zero-order chi connectivity index (χ0) is 15.1. The number of nitrogens with zero attached hydrogens (tertiary/aromatic N) is 1. The fourth-order valence-corrected chi connectivity index (χ4v) is 2.26. The van der Waals surface area contributed by atoms with E-state index in [-0.39, 0.29) is 4.32 Å². The molecule has 1 N–H and O–H groups in total. The first-order valence-corrected chi connectivity index (χ1v) is 7.90. The van der Waals surface area contributed by atoms with Crippen molar-refractivity contribution in [1.29, 1.82) is 0 Å². The Hall–Kier alpha value is -1.61. The maximum absolute atomic E-state index is 4.74. The van der Waals surface area contributed by atoms with Crippen molar-refractivity contribution >= 4 is 21.8 Å².